The maximum absolute atomic E-state index is 6.27. The van der Waals surface area contributed by atoms with Gasteiger partial charge in [0.25, 0.3) is 0 Å². The molecule has 0 fully saturated rings. The van der Waals surface area contributed by atoms with Gasteiger partial charge in [0.2, 0.25) is 0 Å². The molecular formula is C21H14N2O. The predicted molar refractivity (Wildman–Crippen MR) is 97.2 cm³/mol. The molecule has 3 aromatic carbocycles. The van der Waals surface area contributed by atoms with Gasteiger partial charge in [-0.05, 0) is 23.8 Å². The van der Waals surface area contributed by atoms with Crippen LogP contribution in [0.2, 0.25) is 0 Å². The second-order valence-electron chi connectivity index (χ2n) is 5.86. The number of rotatable bonds is 1. The molecule has 1 aliphatic heterocycles. The maximum Gasteiger partial charge on any atom is 0.159 e. The van der Waals surface area contributed by atoms with Gasteiger partial charge in [-0.25, -0.2) is 4.98 Å². The van der Waals surface area contributed by atoms with Crippen molar-refractivity contribution < 1.29 is 4.74 Å². The normalized spacial score (nSPS) is 16.1. The lowest BCUT2D eigenvalue weighted by Gasteiger charge is -2.15. The summed E-state index contributed by atoms with van der Waals surface area (Å²) >= 11 is 0. The largest absolute Gasteiger partial charge is 0.479 e. The Morgan fingerprint density at radius 2 is 1.54 bits per heavy atom. The number of benzene rings is 3. The molecule has 24 heavy (non-hydrogen) atoms. The minimum Gasteiger partial charge on any atom is -0.479 e. The standard InChI is InChI=1S/C21H14N2O/c1-2-7-14(8-3-1)19-13-22-21-15-9-4-5-10-16(15)23-17-11-6-12-18(24-19)20(17)21/h1-13,19H. The second-order valence-corrected chi connectivity index (χ2v) is 5.86. The van der Waals surface area contributed by atoms with Crippen molar-refractivity contribution in [2.24, 2.45) is 4.99 Å². The first kappa shape index (κ1) is 13.3. The van der Waals surface area contributed by atoms with Crippen molar-refractivity contribution in [3.05, 3.63) is 78.4 Å². The molecule has 3 nitrogen and oxygen atoms in total. The van der Waals surface area contributed by atoms with Gasteiger partial charge in [-0.15, -0.1) is 0 Å². The van der Waals surface area contributed by atoms with Gasteiger partial charge in [0.05, 0.1) is 28.3 Å². The van der Waals surface area contributed by atoms with Gasteiger partial charge >= 0.3 is 0 Å². The van der Waals surface area contributed by atoms with Gasteiger partial charge < -0.3 is 4.74 Å². The number of para-hydroxylation sites is 1. The molecule has 0 saturated heterocycles. The number of nitrogens with zero attached hydrogens (tertiary/aromatic N) is 2. The molecule has 0 radical (unpaired) electrons. The van der Waals surface area contributed by atoms with Gasteiger partial charge in [-0.3, -0.25) is 4.99 Å². The van der Waals surface area contributed by atoms with Crippen molar-refractivity contribution in [2.45, 2.75) is 6.10 Å². The summed E-state index contributed by atoms with van der Waals surface area (Å²) in [6.45, 7) is 0. The third kappa shape index (κ3) is 1.98. The molecule has 1 unspecified atom stereocenters. The van der Waals surface area contributed by atoms with E-state index in [1.165, 1.54) is 0 Å². The quantitative estimate of drug-likeness (QED) is 0.451. The van der Waals surface area contributed by atoms with Crippen LogP contribution in [0.3, 0.4) is 0 Å². The van der Waals surface area contributed by atoms with Crippen LogP contribution in [0, 0.1) is 0 Å². The number of hydrogen-bond donors (Lipinski definition) is 0. The van der Waals surface area contributed by atoms with E-state index in [4.69, 9.17) is 14.7 Å². The highest BCUT2D eigenvalue weighted by atomic mass is 16.5. The Balaban J connectivity index is 1.81. The van der Waals surface area contributed by atoms with Crippen molar-refractivity contribution in [2.75, 3.05) is 0 Å². The van der Waals surface area contributed by atoms with Crippen LogP contribution in [0.5, 0.6) is 5.75 Å². The van der Waals surface area contributed by atoms with Gasteiger partial charge in [0.15, 0.2) is 6.10 Å². The first-order valence-corrected chi connectivity index (χ1v) is 7.97. The van der Waals surface area contributed by atoms with Gasteiger partial charge in [0, 0.05) is 5.39 Å². The van der Waals surface area contributed by atoms with E-state index in [-0.39, 0.29) is 6.10 Å². The predicted octanol–water partition coefficient (Wildman–Crippen LogP) is 5.22. The molecule has 114 valence electrons. The molecule has 3 heteroatoms. The second kappa shape index (κ2) is 5.17. The van der Waals surface area contributed by atoms with Crippen LogP contribution in [0.15, 0.2) is 77.8 Å². The Morgan fingerprint density at radius 3 is 2.46 bits per heavy atom. The van der Waals surface area contributed by atoms with E-state index >= 15 is 0 Å². The highest BCUT2D eigenvalue weighted by Crippen LogP contribution is 2.41. The Kier molecular flexibility index (Phi) is 2.85. The van der Waals surface area contributed by atoms with Crippen LogP contribution < -0.4 is 4.74 Å². The lowest BCUT2D eigenvalue weighted by atomic mass is 10.1. The van der Waals surface area contributed by atoms with E-state index < -0.39 is 0 Å². The third-order valence-electron chi connectivity index (χ3n) is 4.36. The number of hydrogen-bond acceptors (Lipinski definition) is 3. The number of aliphatic imine (C=N–C) groups is 1. The Hall–Kier alpha value is -3.20. The molecule has 4 aromatic rings. The SMILES string of the molecule is C1=Nc2c3ccccc3nc3cccc(c23)OC1c1ccccc1. The van der Waals surface area contributed by atoms with E-state index in [1.54, 1.807) is 0 Å². The van der Waals surface area contributed by atoms with Gasteiger partial charge in [-0.2, -0.15) is 0 Å². The Morgan fingerprint density at radius 1 is 0.750 bits per heavy atom. The Labute approximate surface area is 139 Å². The van der Waals surface area contributed by atoms with Crippen molar-refractivity contribution in [3.8, 4) is 5.75 Å². The highest BCUT2D eigenvalue weighted by Gasteiger charge is 2.20. The van der Waals surface area contributed by atoms with Gasteiger partial charge in [0.1, 0.15) is 5.75 Å². The van der Waals surface area contributed by atoms with Crippen LogP contribution in [0.25, 0.3) is 21.8 Å². The lowest BCUT2D eigenvalue weighted by molar-refractivity contribution is 0.283. The fourth-order valence-corrected chi connectivity index (χ4v) is 3.23. The molecule has 0 aliphatic carbocycles. The van der Waals surface area contributed by atoms with Crippen LogP contribution in [0.1, 0.15) is 11.7 Å². The maximum atomic E-state index is 6.27. The fourth-order valence-electron chi connectivity index (χ4n) is 3.23. The average molecular weight is 310 g/mol. The monoisotopic (exact) mass is 310 g/mol. The molecule has 5 rings (SSSR count). The summed E-state index contributed by atoms with van der Waals surface area (Å²) in [4.78, 5) is 9.57. The zero-order chi connectivity index (χ0) is 15.9. The summed E-state index contributed by atoms with van der Waals surface area (Å²) in [5, 5.41) is 2.02. The topological polar surface area (TPSA) is 34.5 Å². The van der Waals surface area contributed by atoms with Crippen molar-refractivity contribution in [3.63, 3.8) is 0 Å². The minimum atomic E-state index is -0.206. The van der Waals surface area contributed by atoms with Crippen molar-refractivity contribution in [1.29, 1.82) is 0 Å². The summed E-state index contributed by atoms with van der Waals surface area (Å²) in [7, 11) is 0. The van der Waals surface area contributed by atoms with Crippen LogP contribution >= 0.6 is 0 Å². The van der Waals surface area contributed by atoms with E-state index in [0.29, 0.717) is 0 Å². The minimum absolute atomic E-state index is 0.206. The number of ether oxygens (including phenoxy) is 1. The molecule has 0 saturated carbocycles. The number of aromatic nitrogens is 1. The van der Waals surface area contributed by atoms with E-state index in [0.717, 1.165) is 38.8 Å². The molecule has 1 aliphatic rings. The first-order valence-electron chi connectivity index (χ1n) is 7.97. The molecule has 0 amide bonds. The van der Waals surface area contributed by atoms with Crippen LogP contribution in [-0.4, -0.2) is 11.2 Å². The molecular weight excluding hydrogens is 296 g/mol. The smallest absolute Gasteiger partial charge is 0.159 e. The third-order valence-corrected chi connectivity index (χ3v) is 4.36. The zero-order valence-corrected chi connectivity index (χ0v) is 12.9. The van der Waals surface area contributed by atoms with E-state index in [1.807, 2.05) is 60.8 Å². The molecule has 1 atom stereocenters. The fraction of sp³-hybridized carbons (Fsp3) is 0.0476. The summed E-state index contributed by atoms with van der Waals surface area (Å²) in [6, 6.07) is 24.2. The zero-order valence-electron chi connectivity index (χ0n) is 12.9. The average Bonchev–Trinajstić information content (AvgIpc) is 2.84. The molecule has 0 bridgehead atoms. The van der Waals surface area contributed by atoms with E-state index in [2.05, 4.69) is 18.2 Å². The Bertz CT molecular complexity index is 1090. The summed E-state index contributed by atoms with van der Waals surface area (Å²) in [5.41, 5.74) is 3.88. The van der Waals surface area contributed by atoms with E-state index in [9.17, 15) is 0 Å². The van der Waals surface area contributed by atoms with Gasteiger partial charge in [-0.1, -0.05) is 54.6 Å². The highest BCUT2D eigenvalue weighted by molar-refractivity contribution is 6.10. The lowest BCUT2D eigenvalue weighted by Crippen LogP contribution is -2.07. The van der Waals surface area contributed by atoms with Crippen LogP contribution in [-0.2, 0) is 0 Å². The van der Waals surface area contributed by atoms with Crippen LogP contribution in [0.4, 0.5) is 5.69 Å². The van der Waals surface area contributed by atoms with Crippen molar-refractivity contribution >= 4 is 33.7 Å². The number of fused-ring (bicyclic) bond motifs is 2. The first-order chi connectivity index (χ1) is 11.9. The van der Waals surface area contributed by atoms with Crippen molar-refractivity contribution in [1.82, 2.24) is 4.98 Å². The summed E-state index contributed by atoms with van der Waals surface area (Å²) in [6.07, 6.45) is 1.68. The summed E-state index contributed by atoms with van der Waals surface area (Å²) < 4.78 is 6.27. The molecule has 0 N–H and O–H groups in total. The number of pyridine rings is 1. The molecule has 1 aromatic heterocycles. The molecule has 2 heterocycles. The molecule has 0 spiro atoms. The summed E-state index contributed by atoms with van der Waals surface area (Å²) in [5.74, 6) is 0.826.